The van der Waals surface area contributed by atoms with Crippen LogP contribution in [0.1, 0.15) is 15.9 Å². The summed E-state index contributed by atoms with van der Waals surface area (Å²) < 4.78 is 22.6. The van der Waals surface area contributed by atoms with E-state index >= 15 is 0 Å². The summed E-state index contributed by atoms with van der Waals surface area (Å²) in [6.45, 7) is 2.01. The van der Waals surface area contributed by atoms with Crippen LogP contribution in [0.4, 0.5) is 17.1 Å². The van der Waals surface area contributed by atoms with Gasteiger partial charge in [-0.05, 0) is 55.5 Å². The van der Waals surface area contributed by atoms with Gasteiger partial charge in [0.15, 0.2) is 0 Å². The maximum Gasteiger partial charge on any atom is 0.255 e. The van der Waals surface area contributed by atoms with Gasteiger partial charge in [-0.2, -0.15) is 0 Å². The minimum atomic E-state index is -3.79. The summed E-state index contributed by atoms with van der Waals surface area (Å²) in [5.74, 6) is -0.353. The molecule has 6 nitrogen and oxygen atoms in total. The Morgan fingerprint density at radius 2 is 1.44 bits per heavy atom. The molecule has 4 N–H and O–H groups in total. The number of para-hydroxylation sites is 2. The zero-order chi connectivity index (χ0) is 19.4. The van der Waals surface area contributed by atoms with Gasteiger partial charge in [0.05, 0.1) is 16.3 Å². The van der Waals surface area contributed by atoms with Crippen molar-refractivity contribution in [3.63, 3.8) is 0 Å². The van der Waals surface area contributed by atoms with Gasteiger partial charge < -0.3 is 10.6 Å². The first-order valence-electron chi connectivity index (χ1n) is 8.20. The SMILES string of the molecule is Cc1ccc(Nc2ccccc2NC(=O)c2ccc(S(N)(=O)=O)cc2)cc1. The molecule has 0 radical (unpaired) electrons. The molecule has 0 saturated carbocycles. The topological polar surface area (TPSA) is 101 Å². The third-order valence-corrected chi connectivity index (χ3v) is 4.88. The second kappa shape index (κ2) is 7.61. The number of carbonyl (C=O) groups excluding carboxylic acids is 1. The molecular formula is C20H19N3O3S. The maximum atomic E-state index is 12.5. The Balaban J connectivity index is 1.79. The smallest absolute Gasteiger partial charge is 0.255 e. The first-order valence-corrected chi connectivity index (χ1v) is 9.74. The summed E-state index contributed by atoms with van der Waals surface area (Å²) in [5.41, 5.74) is 3.74. The first-order chi connectivity index (χ1) is 12.8. The third kappa shape index (κ3) is 4.72. The maximum absolute atomic E-state index is 12.5. The van der Waals surface area contributed by atoms with Gasteiger partial charge in [0.1, 0.15) is 0 Å². The van der Waals surface area contributed by atoms with E-state index in [-0.39, 0.29) is 10.8 Å². The van der Waals surface area contributed by atoms with Gasteiger partial charge in [-0.1, -0.05) is 29.8 Å². The van der Waals surface area contributed by atoms with Gasteiger partial charge in [0, 0.05) is 11.3 Å². The largest absolute Gasteiger partial charge is 0.354 e. The monoisotopic (exact) mass is 381 g/mol. The predicted molar refractivity (Wildman–Crippen MR) is 107 cm³/mol. The van der Waals surface area contributed by atoms with Crippen LogP contribution >= 0.6 is 0 Å². The number of benzene rings is 3. The number of amides is 1. The normalized spacial score (nSPS) is 11.0. The molecule has 3 aromatic carbocycles. The van der Waals surface area contributed by atoms with E-state index in [4.69, 9.17) is 5.14 Å². The lowest BCUT2D eigenvalue weighted by atomic mass is 10.2. The van der Waals surface area contributed by atoms with Crippen LogP contribution < -0.4 is 15.8 Å². The summed E-state index contributed by atoms with van der Waals surface area (Å²) in [6.07, 6.45) is 0. The van der Waals surface area contributed by atoms with Crippen LogP contribution in [0, 0.1) is 6.92 Å². The van der Waals surface area contributed by atoms with Gasteiger partial charge in [-0.15, -0.1) is 0 Å². The zero-order valence-corrected chi connectivity index (χ0v) is 15.5. The number of nitrogens with one attached hydrogen (secondary N) is 2. The highest BCUT2D eigenvalue weighted by molar-refractivity contribution is 7.89. The van der Waals surface area contributed by atoms with Crippen LogP contribution in [-0.2, 0) is 10.0 Å². The zero-order valence-electron chi connectivity index (χ0n) is 14.6. The van der Waals surface area contributed by atoms with E-state index in [9.17, 15) is 13.2 Å². The van der Waals surface area contributed by atoms with E-state index in [2.05, 4.69) is 10.6 Å². The minimum absolute atomic E-state index is 0.0412. The van der Waals surface area contributed by atoms with Gasteiger partial charge in [-0.3, -0.25) is 4.79 Å². The molecule has 1 amide bonds. The fraction of sp³-hybridized carbons (Fsp3) is 0.0500. The number of anilines is 3. The van der Waals surface area contributed by atoms with Crippen molar-refractivity contribution in [2.45, 2.75) is 11.8 Å². The summed E-state index contributed by atoms with van der Waals surface area (Å²) >= 11 is 0. The number of carbonyl (C=O) groups is 1. The van der Waals surface area contributed by atoms with Gasteiger partial charge >= 0.3 is 0 Å². The summed E-state index contributed by atoms with van der Waals surface area (Å²) in [4.78, 5) is 12.5. The highest BCUT2D eigenvalue weighted by Gasteiger charge is 2.12. The fourth-order valence-electron chi connectivity index (χ4n) is 2.48. The fourth-order valence-corrected chi connectivity index (χ4v) is 3.00. The molecule has 27 heavy (non-hydrogen) atoms. The van der Waals surface area contributed by atoms with Crippen molar-refractivity contribution >= 4 is 33.0 Å². The summed E-state index contributed by atoms with van der Waals surface area (Å²) in [6, 6.07) is 20.7. The van der Waals surface area contributed by atoms with Crippen molar-refractivity contribution in [3.8, 4) is 0 Å². The molecule has 0 saturated heterocycles. The third-order valence-electron chi connectivity index (χ3n) is 3.95. The molecule has 0 fully saturated rings. The van der Waals surface area contributed by atoms with E-state index in [0.29, 0.717) is 11.3 Å². The Morgan fingerprint density at radius 3 is 2.04 bits per heavy atom. The van der Waals surface area contributed by atoms with Crippen LogP contribution in [0.3, 0.4) is 0 Å². The average Bonchev–Trinajstić information content (AvgIpc) is 2.64. The van der Waals surface area contributed by atoms with Crippen molar-refractivity contribution in [1.29, 1.82) is 0 Å². The standard InChI is InChI=1S/C20H19N3O3S/c1-14-6-10-16(11-7-14)22-18-4-2-3-5-19(18)23-20(24)15-8-12-17(13-9-15)27(21,25)26/h2-13,22H,1H3,(H,23,24)(H2,21,25,26). The Hall–Kier alpha value is -3.16. The van der Waals surface area contributed by atoms with Crippen LogP contribution in [0.15, 0.2) is 77.7 Å². The minimum Gasteiger partial charge on any atom is -0.354 e. The highest BCUT2D eigenvalue weighted by atomic mass is 32.2. The molecule has 0 unspecified atom stereocenters. The molecule has 0 atom stereocenters. The second-order valence-corrected chi connectivity index (χ2v) is 7.62. The quantitative estimate of drug-likeness (QED) is 0.628. The molecule has 3 rings (SSSR count). The molecule has 138 valence electrons. The molecule has 7 heteroatoms. The van der Waals surface area contributed by atoms with Crippen LogP contribution in [0.2, 0.25) is 0 Å². The van der Waals surface area contributed by atoms with Crippen molar-refractivity contribution < 1.29 is 13.2 Å². The molecule has 0 aliphatic heterocycles. The Morgan fingerprint density at radius 1 is 0.852 bits per heavy atom. The van der Waals surface area contributed by atoms with Gasteiger partial charge in [0.25, 0.3) is 5.91 Å². The van der Waals surface area contributed by atoms with E-state index < -0.39 is 10.0 Å². The van der Waals surface area contributed by atoms with Crippen molar-refractivity contribution in [2.75, 3.05) is 10.6 Å². The molecule has 3 aromatic rings. The number of sulfonamides is 1. The predicted octanol–water partition coefficient (Wildman–Crippen LogP) is 3.64. The number of primary sulfonamides is 1. The summed E-state index contributed by atoms with van der Waals surface area (Å²) in [5, 5.41) is 11.2. The number of hydrogen-bond acceptors (Lipinski definition) is 4. The lowest BCUT2D eigenvalue weighted by molar-refractivity contribution is 0.102. The van der Waals surface area contributed by atoms with Gasteiger partial charge in [-0.25, -0.2) is 13.6 Å². The first kappa shape index (κ1) is 18.6. The van der Waals surface area contributed by atoms with Crippen LogP contribution in [0.25, 0.3) is 0 Å². The van der Waals surface area contributed by atoms with E-state index in [1.54, 1.807) is 6.07 Å². The molecule has 0 bridgehead atoms. The van der Waals surface area contributed by atoms with Crippen molar-refractivity contribution in [3.05, 3.63) is 83.9 Å². The molecule has 0 aromatic heterocycles. The summed E-state index contributed by atoms with van der Waals surface area (Å²) in [7, 11) is -3.79. The second-order valence-electron chi connectivity index (χ2n) is 6.06. The molecule has 0 heterocycles. The van der Waals surface area contributed by atoms with Gasteiger partial charge in [0.2, 0.25) is 10.0 Å². The molecular weight excluding hydrogens is 362 g/mol. The highest BCUT2D eigenvalue weighted by Crippen LogP contribution is 2.26. The average molecular weight is 381 g/mol. The Bertz CT molecular complexity index is 1060. The van der Waals surface area contributed by atoms with Crippen LogP contribution in [-0.4, -0.2) is 14.3 Å². The molecule has 0 spiro atoms. The Kier molecular flexibility index (Phi) is 5.25. The van der Waals surface area contributed by atoms with E-state index in [1.165, 1.54) is 24.3 Å². The lowest BCUT2D eigenvalue weighted by Gasteiger charge is -2.13. The number of aryl methyl sites for hydroxylation is 1. The molecule has 0 aliphatic carbocycles. The lowest BCUT2D eigenvalue weighted by Crippen LogP contribution is -2.15. The number of hydrogen-bond donors (Lipinski definition) is 3. The number of rotatable bonds is 5. The van der Waals surface area contributed by atoms with E-state index in [1.807, 2.05) is 49.4 Å². The van der Waals surface area contributed by atoms with Crippen molar-refractivity contribution in [2.24, 2.45) is 5.14 Å². The number of nitrogens with two attached hydrogens (primary N) is 1. The molecule has 0 aliphatic rings. The van der Waals surface area contributed by atoms with Crippen molar-refractivity contribution in [1.82, 2.24) is 0 Å². The Labute approximate surface area is 158 Å². The van der Waals surface area contributed by atoms with E-state index in [0.717, 1.165) is 16.9 Å². The van der Waals surface area contributed by atoms with Crippen LogP contribution in [0.5, 0.6) is 0 Å².